The van der Waals surface area contributed by atoms with Crippen LogP contribution in [0.1, 0.15) is 11.1 Å². The first-order valence-electron chi connectivity index (χ1n) is 9.77. The van der Waals surface area contributed by atoms with E-state index < -0.39 is 11.8 Å². The standard InChI is InChI=1S/C24H14BrCl2FN2O3S/c25-15-6-9-20(33-12-13-4-7-16(28)8-5-13)14(10-15)11-17-22(31)29-24(34)30(23(17)32)19-3-1-2-18(26)21(19)27/h1-11H,12H2,(H,29,31,34)/b17-11+. The molecule has 5 nitrogen and oxygen atoms in total. The number of nitrogens with zero attached hydrogens (tertiary/aromatic N) is 1. The van der Waals surface area contributed by atoms with Gasteiger partial charge in [-0.3, -0.25) is 19.8 Å². The van der Waals surface area contributed by atoms with E-state index in [4.69, 9.17) is 40.2 Å². The molecule has 0 bridgehead atoms. The minimum atomic E-state index is -0.664. The molecule has 1 aliphatic heterocycles. The maximum atomic E-state index is 13.3. The normalized spacial score (nSPS) is 15.0. The van der Waals surface area contributed by atoms with Gasteiger partial charge in [-0.2, -0.15) is 0 Å². The first kappa shape index (κ1) is 24.3. The van der Waals surface area contributed by atoms with E-state index in [1.54, 1.807) is 48.5 Å². The molecular weight excluding hydrogens is 566 g/mol. The molecule has 1 saturated heterocycles. The van der Waals surface area contributed by atoms with Gasteiger partial charge in [-0.25, -0.2) is 4.39 Å². The topological polar surface area (TPSA) is 58.6 Å². The van der Waals surface area contributed by atoms with Crippen LogP contribution in [0.5, 0.6) is 5.75 Å². The van der Waals surface area contributed by atoms with E-state index >= 15 is 0 Å². The third-order valence-electron chi connectivity index (χ3n) is 4.85. The molecule has 1 N–H and O–H groups in total. The van der Waals surface area contributed by atoms with Crippen molar-refractivity contribution in [2.75, 3.05) is 4.90 Å². The quantitative estimate of drug-likeness (QED) is 0.219. The molecule has 0 spiro atoms. The first-order valence-corrected chi connectivity index (χ1v) is 11.7. The van der Waals surface area contributed by atoms with Gasteiger partial charge in [0, 0.05) is 10.0 Å². The van der Waals surface area contributed by atoms with E-state index in [9.17, 15) is 14.0 Å². The third-order valence-corrected chi connectivity index (χ3v) is 6.44. The van der Waals surface area contributed by atoms with Crippen LogP contribution in [0, 0.1) is 5.82 Å². The minimum Gasteiger partial charge on any atom is -0.488 e. The largest absolute Gasteiger partial charge is 0.488 e. The van der Waals surface area contributed by atoms with Crippen LogP contribution in [0.15, 0.2) is 70.7 Å². The Hall–Kier alpha value is -2.78. The lowest BCUT2D eigenvalue weighted by Crippen LogP contribution is -2.54. The average molecular weight is 580 g/mol. The van der Waals surface area contributed by atoms with Crippen molar-refractivity contribution in [2.24, 2.45) is 0 Å². The number of ether oxygens (including phenoxy) is 1. The van der Waals surface area contributed by atoms with Crippen molar-refractivity contribution in [1.82, 2.24) is 5.32 Å². The molecule has 3 aromatic rings. The maximum absolute atomic E-state index is 13.3. The van der Waals surface area contributed by atoms with Crippen LogP contribution >= 0.6 is 51.3 Å². The summed E-state index contributed by atoms with van der Waals surface area (Å²) >= 11 is 21.0. The summed E-state index contributed by atoms with van der Waals surface area (Å²) in [5, 5.41) is 2.76. The Kier molecular flexibility index (Phi) is 7.33. The zero-order chi connectivity index (χ0) is 24.4. The molecule has 2 amide bonds. The van der Waals surface area contributed by atoms with Crippen LogP contribution in [0.25, 0.3) is 6.08 Å². The zero-order valence-electron chi connectivity index (χ0n) is 17.2. The lowest BCUT2D eigenvalue weighted by Gasteiger charge is -2.29. The number of carbonyl (C=O) groups is 2. The van der Waals surface area contributed by atoms with Crippen molar-refractivity contribution in [3.63, 3.8) is 0 Å². The Morgan fingerprint density at radius 1 is 1.09 bits per heavy atom. The van der Waals surface area contributed by atoms with E-state index in [-0.39, 0.29) is 38.8 Å². The third kappa shape index (κ3) is 5.15. The smallest absolute Gasteiger partial charge is 0.270 e. The molecule has 4 rings (SSSR count). The van der Waals surface area contributed by atoms with Gasteiger partial charge in [0.25, 0.3) is 11.8 Å². The molecule has 3 aromatic carbocycles. The molecule has 34 heavy (non-hydrogen) atoms. The molecule has 0 saturated carbocycles. The van der Waals surface area contributed by atoms with Crippen LogP contribution in [-0.2, 0) is 16.2 Å². The second-order valence-corrected chi connectivity index (χ2v) is 9.22. The number of nitrogens with one attached hydrogen (secondary N) is 1. The molecule has 0 atom stereocenters. The van der Waals surface area contributed by atoms with E-state index in [0.29, 0.717) is 15.8 Å². The summed E-state index contributed by atoms with van der Waals surface area (Å²) in [4.78, 5) is 27.2. The number of hydrogen-bond acceptors (Lipinski definition) is 4. The number of carbonyl (C=O) groups excluding carboxylic acids is 2. The summed E-state index contributed by atoms with van der Waals surface area (Å²) in [5.74, 6) is -1.25. The summed E-state index contributed by atoms with van der Waals surface area (Å²) < 4.78 is 19.8. The number of benzene rings is 3. The van der Waals surface area contributed by atoms with Gasteiger partial charge in [-0.05, 0) is 66.3 Å². The van der Waals surface area contributed by atoms with Crippen molar-refractivity contribution in [1.29, 1.82) is 0 Å². The van der Waals surface area contributed by atoms with Gasteiger partial charge in [-0.1, -0.05) is 57.3 Å². The highest BCUT2D eigenvalue weighted by Gasteiger charge is 2.36. The van der Waals surface area contributed by atoms with Crippen LogP contribution in [0.4, 0.5) is 10.1 Å². The van der Waals surface area contributed by atoms with Gasteiger partial charge in [0.15, 0.2) is 5.11 Å². The lowest BCUT2D eigenvalue weighted by molar-refractivity contribution is -0.122. The number of anilines is 1. The fraction of sp³-hybridized carbons (Fsp3) is 0.0417. The van der Waals surface area contributed by atoms with Crippen LogP contribution in [0.2, 0.25) is 10.0 Å². The molecule has 0 unspecified atom stereocenters. The zero-order valence-corrected chi connectivity index (χ0v) is 21.1. The van der Waals surface area contributed by atoms with Crippen LogP contribution < -0.4 is 15.0 Å². The van der Waals surface area contributed by atoms with Crippen LogP contribution in [-0.4, -0.2) is 16.9 Å². The minimum absolute atomic E-state index is 0.113. The van der Waals surface area contributed by atoms with E-state index in [1.165, 1.54) is 18.2 Å². The van der Waals surface area contributed by atoms with Gasteiger partial charge >= 0.3 is 0 Å². The number of amides is 2. The predicted octanol–water partition coefficient (Wildman–Crippen LogP) is 6.31. The van der Waals surface area contributed by atoms with Gasteiger partial charge in [0.2, 0.25) is 0 Å². The summed E-state index contributed by atoms with van der Waals surface area (Å²) in [6.07, 6.45) is 1.41. The maximum Gasteiger partial charge on any atom is 0.270 e. The number of thiocarbonyl (C=S) groups is 1. The van der Waals surface area contributed by atoms with Crippen molar-refractivity contribution in [2.45, 2.75) is 6.61 Å². The Balaban J connectivity index is 1.69. The SMILES string of the molecule is O=C1NC(=S)N(c2cccc(Cl)c2Cl)C(=O)/C1=C/c1cc(Br)ccc1OCc1ccc(F)cc1. The number of rotatable bonds is 5. The van der Waals surface area contributed by atoms with E-state index in [1.807, 2.05) is 0 Å². The molecule has 172 valence electrons. The second kappa shape index (κ2) is 10.2. The predicted molar refractivity (Wildman–Crippen MR) is 138 cm³/mol. The fourth-order valence-electron chi connectivity index (χ4n) is 3.20. The number of halogens is 4. The Labute approximate surface area is 218 Å². The Bertz CT molecular complexity index is 1350. The highest BCUT2D eigenvalue weighted by atomic mass is 79.9. The van der Waals surface area contributed by atoms with E-state index in [0.717, 1.165) is 10.5 Å². The van der Waals surface area contributed by atoms with Gasteiger partial charge < -0.3 is 4.74 Å². The second-order valence-electron chi connectivity index (χ2n) is 7.13. The molecule has 1 heterocycles. The fourth-order valence-corrected chi connectivity index (χ4v) is 4.23. The van der Waals surface area contributed by atoms with Crippen molar-refractivity contribution < 1.29 is 18.7 Å². The highest BCUT2D eigenvalue weighted by Crippen LogP contribution is 2.35. The molecule has 0 aliphatic carbocycles. The van der Waals surface area contributed by atoms with Gasteiger partial charge in [0.05, 0.1) is 15.7 Å². The van der Waals surface area contributed by atoms with E-state index in [2.05, 4.69) is 21.2 Å². The highest BCUT2D eigenvalue weighted by molar-refractivity contribution is 9.10. The van der Waals surface area contributed by atoms with Gasteiger partial charge in [-0.15, -0.1) is 0 Å². The van der Waals surface area contributed by atoms with Crippen molar-refractivity contribution in [3.8, 4) is 5.75 Å². The molecule has 10 heteroatoms. The summed E-state index contributed by atoms with van der Waals surface area (Å²) in [5.41, 5.74) is 1.30. The van der Waals surface area contributed by atoms with Crippen LogP contribution in [0.3, 0.4) is 0 Å². The summed E-state index contributed by atoms with van der Waals surface area (Å²) in [6, 6.07) is 15.8. The van der Waals surface area contributed by atoms with Crippen molar-refractivity contribution >= 4 is 80.0 Å². The van der Waals surface area contributed by atoms with Gasteiger partial charge in [0.1, 0.15) is 23.7 Å². The summed E-state index contributed by atoms with van der Waals surface area (Å²) in [6.45, 7) is 0.159. The first-order chi connectivity index (χ1) is 16.2. The molecule has 0 radical (unpaired) electrons. The average Bonchev–Trinajstić information content (AvgIpc) is 2.80. The molecule has 1 fully saturated rings. The summed E-state index contributed by atoms with van der Waals surface area (Å²) in [7, 11) is 0. The lowest BCUT2D eigenvalue weighted by atomic mass is 10.1. The monoisotopic (exact) mass is 578 g/mol. The Morgan fingerprint density at radius 2 is 1.82 bits per heavy atom. The number of hydrogen-bond donors (Lipinski definition) is 1. The van der Waals surface area contributed by atoms with Crippen molar-refractivity contribution in [3.05, 3.63) is 97.7 Å². The Morgan fingerprint density at radius 3 is 2.56 bits per heavy atom. The molecule has 0 aromatic heterocycles. The molecular formula is C24H14BrCl2FN2O3S. The molecule has 1 aliphatic rings.